The molecule has 78 valence electrons. The highest BCUT2D eigenvalue weighted by Gasteiger charge is 2.32. The van der Waals surface area contributed by atoms with Gasteiger partial charge in [-0.3, -0.25) is 4.79 Å². The lowest BCUT2D eigenvalue weighted by Gasteiger charge is -2.10. The summed E-state index contributed by atoms with van der Waals surface area (Å²) in [6.45, 7) is 0. The molecule has 0 radical (unpaired) electrons. The second kappa shape index (κ2) is 3.13. The number of nitrogens with two attached hydrogens (primary N) is 2. The predicted octanol–water partition coefficient (Wildman–Crippen LogP) is 0.438. The van der Waals surface area contributed by atoms with E-state index >= 15 is 0 Å². The van der Waals surface area contributed by atoms with Gasteiger partial charge >= 0.3 is 6.36 Å². The van der Waals surface area contributed by atoms with Gasteiger partial charge in [0.1, 0.15) is 5.69 Å². The van der Waals surface area contributed by atoms with Crippen LogP contribution >= 0.6 is 0 Å². The molecule has 0 amide bonds. The van der Waals surface area contributed by atoms with Crippen molar-refractivity contribution < 1.29 is 17.9 Å². The van der Waals surface area contributed by atoms with Crippen molar-refractivity contribution in [3.63, 3.8) is 0 Å². The Hall–Kier alpha value is -1.86. The van der Waals surface area contributed by atoms with Gasteiger partial charge in [-0.2, -0.15) is 0 Å². The zero-order valence-corrected chi connectivity index (χ0v) is 6.68. The number of hydrogen-bond acceptors (Lipinski definition) is 4. The van der Waals surface area contributed by atoms with E-state index in [0.29, 0.717) is 0 Å². The Morgan fingerprint density at radius 1 is 1.36 bits per heavy atom. The number of hydrogen-bond donors (Lipinski definition) is 3. The van der Waals surface area contributed by atoms with E-state index in [1.807, 2.05) is 4.98 Å². The molecule has 0 aromatic carbocycles. The van der Waals surface area contributed by atoms with Crippen LogP contribution in [-0.2, 0) is 0 Å². The molecule has 0 spiro atoms. The summed E-state index contributed by atoms with van der Waals surface area (Å²) in [5.74, 6) is -0.864. The SMILES string of the molecule is Nc1c[nH]c(OC(F)(F)F)c(N)c1=O. The van der Waals surface area contributed by atoms with Crippen LogP contribution < -0.4 is 21.6 Å². The number of anilines is 2. The minimum Gasteiger partial charge on any atom is -0.394 e. The molecule has 0 saturated heterocycles. The number of rotatable bonds is 1. The van der Waals surface area contributed by atoms with E-state index in [-0.39, 0.29) is 5.69 Å². The molecule has 1 aromatic rings. The van der Waals surface area contributed by atoms with Gasteiger partial charge in [0.05, 0.1) is 5.69 Å². The monoisotopic (exact) mass is 209 g/mol. The van der Waals surface area contributed by atoms with Gasteiger partial charge in [0.15, 0.2) is 0 Å². The number of H-pyrrole nitrogens is 1. The molecule has 0 bridgehead atoms. The third kappa shape index (κ3) is 2.09. The average Bonchev–Trinajstić information content (AvgIpc) is 2.04. The first-order valence-electron chi connectivity index (χ1n) is 3.33. The number of ether oxygens (including phenoxy) is 1. The maximum absolute atomic E-state index is 11.7. The van der Waals surface area contributed by atoms with Crippen LogP contribution in [-0.4, -0.2) is 11.3 Å². The lowest BCUT2D eigenvalue weighted by molar-refractivity contribution is -0.275. The number of halogens is 3. The first-order chi connectivity index (χ1) is 6.31. The molecule has 0 unspecified atom stereocenters. The van der Waals surface area contributed by atoms with Gasteiger partial charge in [0.2, 0.25) is 11.3 Å². The molecule has 0 saturated carbocycles. The zero-order chi connectivity index (χ0) is 10.9. The quantitative estimate of drug-likeness (QED) is 0.625. The normalized spacial score (nSPS) is 11.4. The molecule has 0 atom stereocenters. The van der Waals surface area contributed by atoms with E-state index in [1.165, 1.54) is 0 Å². The van der Waals surface area contributed by atoms with E-state index in [0.717, 1.165) is 6.20 Å². The van der Waals surface area contributed by atoms with Crippen LogP contribution in [0.4, 0.5) is 24.5 Å². The van der Waals surface area contributed by atoms with E-state index in [4.69, 9.17) is 11.5 Å². The van der Waals surface area contributed by atoms with E-state index in [2.05, 4.69) is 4.74 Å². The van der Waals surface area contributed by atoms with Gasteiger partial charge in [-0.25, -0.2) is 0 Å². The third-order valence-corrected chi connectivity index (χ3v) is 1.33. The maximum atomic E-state index is 11.7. The second-order valence-electron chi connectivity index (χ2n) is 2.36. The van der Waals surface area contributed by atoms with Crippen molar-refractivity contribution in [2.24, 2.45) is 0 Å². The lowest BCUT2D eigenvalue weighted by atomic mass is 10.3. The summed E-state index contributed by atoms with van der Waals surface area (Å²) in [6, 6.07) is 0. The lowest BCUT2D eigenvalue weighted by Crippen LogP contribution is -2.22. The highest BCUT2D eigenvalue weighted by molar-refractivity contribution is 5.55. The summed E-state index contributed by atoms with van der Waals surface area (Å²) in [5, 5.41) is 0. The number of aromatic nitrogens is 1. The molecule has 0 aliphatic carbocycles. The minimum atomic E-state index is -4.91. The van der Waals surface area contributed by atoms with Gasteiger partial charge in [-0.15, -0.1) is 13.2 Å². The van der Waals surface area contributed by atoms with Gasteiger partial charge in [0, 0.05) is 6.20 Å². The molecule has 5 N–H and O–H groups in total. The number of pyridine rings is 1. The van der Waals surface area contributed by atoms with Crippen LogP contribution in [0.15, 0.2) is 11.0 Å². The van der Waals surface area contributed by atoms with Crippen LogP contribution in [0.1, 0.15) is 0 Å². The van der Waals surface area contributed by atoms with E-state index in [9.17, 15) is 18.0 Å². The van der Waals surface area contributed by atoms with E-state index in [1.54, 1.807) is 0 Å². The third-order valence-electron chi connectivity index (χ3n) is 1.33. The molecule has 14 heavy (non-hydrogen) atoms. The standard InChI is InChI=1S/C6H6F3N3O2/c7-6(8,9)14-5-3(11)4(13)2(10)1-12-5/h1H,10-11H2,(H,12,13). The first kappa shape index (κ1) is 10.2. The number of nitrogens with one attached hydrogen (secondary N) is 1. The van der Waals surface area contributed by atoms with Gasteiger partial charge in [0.25, 0.3) is 0 Å². The van der Waals surface area contributed by atoms with Crippen molar-refractivity contribution in [2.75, 3.05) is 11.5 Å². The molecule has 1 aromatic heterocycles. The van der Waals surface area contributed by atoms with Crippen molar-refractivity contribution >= 4 is 11.4 Å². The molecular weight excluding hydrogens is 203 g/mol. The number of nitrogen functional groups attached to an aromatic ring is 2. The Morgan fingerprint density at radius 3 is 2.43 bits per heavy atom. The predicted molar refractivity (Wildman–Crippen MR) is 42.6 cm³/mol. The molecule has 0 fully saturated rings. The number of alkyl halides is 3. The van der Waals surface area contributed by atoms with E-state index < -0.39 is 23.4 Å². The van der Waals surface area contributed by atoms with Crippen LogP contribution in [0.5, 0.6) is 5.88 Å². The summed E-state index contributed by atoms with van der Waals surface area (Å²) in [7, 11) is 0. The zero-order valence-electron chi connectivity index (χ0n) is 6.68. The Balaban J connectivity index is 3.13. The van der Waals surface area contributed by atoms with Crippen molar-refractivity contribution in [1.29, 1.82) is 0 Å². The summed E-state index contributed by atoms with van der Waals surface area (Å²) < 4.78 is 38.6. The minimum absolute atomic E-state index is 0.281. The van der Waals surface area contributed by atoms with Crippen molar-refractivity contribution in [3.8, 4) is 5.88 Å². The summed E-state index contributed by atoms with van der Waals surface area (Å²) in [5.41, 5.74) is 8.25. The molecule has 0 aliphatic heterocycles. The molecule has 5 nitrogen and oxygen atoms in total. The second-order valence-corrected chi connectivity index (χ2v) is 2.36. The molecule has 1 rings (SSSR count). The Kier molecular flexibility index (Phi) is 2.28. The summed E-state index contributed by atoms with van der Waals surface area (Å²) in [6.07, 6.45) is -4.03. The van der Waals surface area contributed by atoms with Crippen LogP contribution in [0.25, 0.3) is 0 Å². The summed E-state index contributed by atoms with van der Waals surface area (Å²) in [4.78, 5) is 13.0. The maximum Gasteiger partial charge on any atom is 0.574 e. The van der Waals surface area contributed by atoms with Crippen molar-refractivity contribution in [2.45, 2.75) is 6.36 Å². The van der Waals surface area contributed by atoms with Gasteiger partial charge in [-0.05, 0) is 0 Å². The highest BCUT2D eigenvalue weighted by atomic mass is 19.4. The first-order valence-corrected chi connectivity index (χ1v) is 3.33. The highest BCUT2D eigenvalue weighted by Crippen LogP contribution is 2.23. The Labute approximate surface area is 75.5 Å². The fraction of sp³-hybridized carbons (Fsp3) is 0.167. The topological polar surface area (TPSA) is 94.1 Å². The van der Waals surface area contributed by atoms with Crippen molar-refractivity contribution in [3.05, 3.63) is 16.4 Å². The number of aromatic amines is 1. The van der Waals surface area contributed by atoms with Crippen LogP contribution in [0.2, 0.25) is 0 Å². The smallest absolute Gasteiger partial charge is 0.394 e. The fourth-order valence-electron chi connectivity index (χ4n) is 0.745. The van der Waals surface area contributed by atoms with Gasteiger partial charge < -0.3 is 21.2 Å². The molecule has 0 aliphatic rings. The fourth-order valence-corrected chi connectivity index (χ4v) is 0.745. The Morgan fingerprint density at radius 2 is 1.93 bits per heavy atom. The van der Waals surface area contributed by atoms with Crippen molar-refractivity contribution in [1.82, 2.24) is 4.98 Å². The van der Waals surface area contributed by atoms with Crippen LogP contribution in [0.3, 0.4) is 0 Å². The average molecular weight is 209 g/mol. The Bertz CT molecular complexity index is 398. The van der Waals surface area contributed by atoms with Gasteiger partial charge in [-0.1, -0.05) is 0 Å². The largest absolute Gasteiger partial charge is 0.574 e. The molecular formula is C6H6F3N3O2. The van der Waals surface area contributed by atoms with Crippen LogP contribution in [0, 0.1) is 0 Å². The summed E-state index contributed by atoms with van der Waals surface area (Å²) >= 11 is 0. The molecule has 1 heterocycles. The molecule has 8 heteroatoms.